The molecule has 10 atom stereocenters. The quantitative estimate of drug-likeness (QED) is 0.0851. The Kier molecular flexibility index (Phi) is 15.7. The molecule has 3 aliphatic carbocycles. The molecular weight excluding hydrogens is 930 g/mol. The zero-order valence-electron chi connectivity index (χ0n) is 42.8. The van der Waals surface area contributed by atoms with Crippen LogP contribution in [0, 0.1) is 36.4 Å². The summed E-state index contributed by atoms with van der Waals surface area (Å²) >= 11 is 2.12. The van der Waals surface area contributed by atoms with Gasteiger partial charge in [0.25, 0.3) is 0 Å². The summed E-state index contributed by atoms with van der Waals surface area (Å²) in [4.78, 5) is 49.0. The average molecular weight is 1010 g/mol. The van der Waals surface area contributed by atoms with Crippen molar-refractivity contribution in [2.45, 2.75) is 158 Å². The third-order valence-electron chi connectivity index (χ3n) is 18.1. The first-order valence-corrected chi connectivity index (χ1v) is 29.1. The summed E-state index contributed by atoms with van der Waals surface area (Å²) in [6.07, 6.45) is 17.0. The summed E-state index contributed by atoms with van der Waals surface area (Å²) < 4.78 is 15.7. The highest BCUT2D eigenvalue weighted by Gasteiger charge is 2.46. The van der Waals surface area contributed by atoms with Gasteiger partial charge in [-0.3, -0.25) is 24.2 Å². The van der Waals surface area contributed by atoms with Gasteiger partial charge in [0.1, 0.15) is 11.6 Å². The van der Waals surface area contributed by atoms with Gasteiger partial charge in [-0.1, -0.05) is 91.3 Å². The van der Waals surface area contributed by atoms with Crippen LogP contribution < -0.4 is 16.0 Å². The molecule has 3 saturated carbocycles. The van der Waals surface area contributed by atoms with Gasteiger partial charge in [0.15, 0.2) is 0 Å². The standard InChI is InChI=1S/C32H40FN3O2.C29H36N4OS/c33-24-10-6-21(7-11-24)18-31(37)34-25-19-26-12-13-27(20-25)36(26)17-16-30(23-4-2-1-3-5-23)35-32(38)29-15-14-28(29)22-8-9-22;1-20-30-27-12-5-6-13-28(27)33(20)23-16-24-18-35-19-25(17-23)32(24)15-14-26(21-8-3-2-4-9-21)31-29(34)22-10-7-11-22/h1-7,10-11,22,25-30H,8-9,12-20H2,(H,34,37)(H,35,38);2-6,8-9,12-13,22-26H,7,10-11,14-19H2,1H3,(H,31,34)/t25-,26+,27-,28?,29?,30-;23-,24+,25-,26-/m00/s1. The lowest BCUT2D eigenvalue weighted by Gasteiger charge is -2.49. The fourth-order valence-electron chi connectivity index (χ4n) is 13.7. The Bertz CT molecular complexity index is 2630. The first-order chi connectivity index (χ1) is 35.7. The van der Waals surface area contributed by atoms with Crippen molar-refractivity contribution in [1.29, 1.82) is 0 Å². The van der Waals surface area contributed by atoms with Crippen molar-refractivity contribution in [3.63, 3.8) is 0 Å². The first kappa shape index (κ1) is 50.1. The number of fused-ring (bicyclic) bond motifs is 5. The molecule has 4 aromatic carbocycles. The fraction of sp³-hybridized carbons (Fsp3) is 0.541. The third kappa shape index (κ3) is 11.8. The molecule has 10 nitrogen and oxygen atoms in total. The van der Waals surface area contributed by atoms with E-state index in [1.807, 2.05) is 6.07 Å². The molecule has 3 N–H and O–H groups in total. The van der Waals surface area contributed by atoms with Crippen molar-refractivity contribution in [2.24, 2.45) is 23.7 Å². The van der Waals surface area contributed by atoms with Crippen molar-refractivity contribution in [1.82, 2.24) is 35.3 Å². The largest absolute Gasteiger partial charge is 0.353 e. The summed E-state index contributed by atoms with van der Waals surface area (Å²) in [6.45, 7) is 4.16. The molecule has 73 heavy (non-hydrogen) atoms. The molecule has 5 aromatic rings. The number of carbonyl (C=O) groups excluding carboxylic acids is 3. The number of imidazole rings is 1. The predicted molar refractivity (Wildman–Crippen MR) is 289 cm³/mol. The van der Waals surface area contributed by atoms with Gasteiger partial charge in [-0.15, -0.1) is 0 Å². The number of hydrogen-bond donors (Lipinski definition) is 3. The van der Waals surface area contributed by atoms with Gasteiger partial charge in [-0.25, -0.2) is 9.37 Å². The number of thioether (sulfide) groups is 1. The Hall–Kier alpha value is -5.04. The molecule has 0 spiro atoms. The van der Waals surface area contributed by atoms with Crippen LogP contribution in [0.25, 0.3) is 11.0 Å². The zero-order chi connectivity index (χ0) is 49.8. The molecule has 12 heteroatoms. The lowest BCUT2D eigenvalue weighted by molar-refractivity contribution is -0.132. The van der Waals surface area contributed by atoms with Crippen LogP contribution in [-0.2, 0) is 20.8 Å². The summed E-state index contributed by atoms with van der Waals surface area (Å²) in [5.41, 5.74) is 5.65. The van der Waals surface area contributed by atoms with E-state index in [2.05, 4.69) is 128 Å². The van der Waals surface area contributed by atoms with Gasteiger partial charge in [-0.2, -0.15) is 11.8 Å². The smallest absolute Gasteiger partial charge is 0.224 e. The average Bonchev–Trinajstić information content (AvgIpc) is 4.08. The van der Waals surface area contributed by atoms with Crippen LogP contribution in [0.4, 0.5) is 4.39 Å². The number of halogens is 1. The lowest BCUT2D eigenvalue weighted by Crippen LogP contribution is -2.55. The van der Waals surface area contributed by atoms with E-state index in [1.165, 1.54) is 91.6 Å². The third-order valence-corrected chi connectivity index (χ3v) is 19.3. The van der Waals surface area contributed by atoms with Crippen LogP contribution in [-0.4, -0.2) is 91.9 Å². The van der Waals surface area contributed by atoms with Crippen LogP contribution in [0.5, 0.6) is 0 Å². The molecule has 1 aromatic heterocycles. The van der Waals surface area contributed by atoms with E-state index in [0.717, 1.165) is 80.9 Å². The molecule has 4 aliphatic heterocycles. The van der Waals surface area contributed by atoms with Gasteiger partial charge in [0, 0.05) is 72.7 Å². The number of para-hydroxylation sites is 2. The van der Waals surface area contributed by atoms with Crippen molar-refractivity contribution in [3.05, 3.63) is 138 Å². The zero-order valence-corrected chi connectivity index (χ0v) is 43.6. The molecular formula is C61H76FN7O3S. The Morgan fingerprint density at radius 2 is 1.23 bits per heavy atom. The van der Waals surface area contributed by atoms with E-state index < -0.39 is 0 Å². The number of nitrogens with one attached hydrogen (secondary N) is 3. The normalized spacial score (nSPS) is 27.6. The van der Waals surface area contributed by atoms with E-state index in [-0.39, 0.29) is 59.9 Å². The Morgan fingerprint density at radius 3 is 1.81 bits per heavy atom. The predicted octanol–water partition coefficient (Wildman–Crippen LogP) is 10.7. The van der Waals surface area contributed by atoms with Gasteiger partial charge in [-0.05, 0) is 150 Å². The van der Waals surface area contributed by atoms with Gasteiger partial charge < -0.3 is 20.5 Å². The minimum Gasteiger partial charge on any atom is -0.353 e. The molecule has 2 unspecified atom stereocenters. The highest BCUT2D eigenvalue weighted by Crippen LogP contribution is 2.50. The number of amides is 3. The highest BCUT2D eigenvalue weighted by atomic mass is 32.2. The van der Waals surface area contributed by atoms with Crippen LogP contribution >= 0.6 is 11.8 Å². The maximum Gasteiger partial charge on any atom is 0.224 e. The molecule has 5 heterocycles. The number of benzene rings is 4. The second-order valence-corrected chi connectivity index (χ2v) is 23.8. The molecule has 4 saturated heterocycles. The summed E-state index contributed by atoms with van der Waals surface area (Å²) in [7, 11) is 0. The van der Waals surface area contributed by atoms with E-state index in [1.54, 1.807) is 12.1 Å². The molecule has 4 bridgehead atoms. The van der Waals surface area contributed by atoms with E-state index in [0.29, 0.717) is 36.1 Å². The molecule has 3 amide bonds. The second kappa shape index (κ2) is 22.8. The lowest BCUT2D eigenvalue weighted by atomic mass is 9.70. The summed E-state index contributed by atoms with van der Waals surface area (Å²) in [5, 5.41) is 10.1. The SMILES string of the molecule is Cc1nc2ccccc2n1[C@@H]1C[C@H]2CSC[C@@H](C1)N2CC[C@H](NC(=O)C1CCC1)c1ccccc1.O=C(Cc1ccc(F)cc1)N[C@H]1C[C@H]2CC[C@@H](C1)N2CC[C@H](NC(=O)C1CCC1C1CC1)c1ccccc1. The number of rotatable bonds is 17. The monoisotopic (exact) mass is 1010 g/mol. The second-order valence-electron chi connectivity index (χ2n) is 22.7. The molecule has 7 fully saturated rings. The van der Waals surface area contributed by atoms with Crippen LogP contribution in [0.2, 0.25) is 0 Å². The van der Waals surface area contributed by atoms with E-state index >= 15 is 0 Å². The number of nitrogens with zero attached hydrogens (tertiary/aromatic N) is 4. The van der Waals surface area contributed by atoms with E-state index in [4.69, 9.17) is 4.98 Å². The topological polar surface area (TPSA) is 112 Å². The molecule has 0 radical (unpaired) electrons. The van der Waals surface area contributed by atoms with Crippen molar-refractivity contribution in [3.8, 4) is 0 Å². The van der Waals surface area contributed by atoms with Crippen molar-refractivity contribution < 1.29 is 18.8 Å². The van der Waals surface area contributed by atoms with Gasteiger partial charge >= 0.3 is 0 Å². The van der Waals surface area contributed by atoms with Gasteiger partial charge in [0.05, 0.1) is 29.5 Å². The number of hydrogen-bond acceptors (Lipinski definition) is 7. The molecule has 7 aliphatic rings. The Balaban J connectivity index is 0.000000158. The van der Waals surface area contributed by atoms with Gasteiger partial charge in [0.2, 0.25) is 17.7 Å². The minimum atomic E-state index is -0.280. The van der Waals surface area contributed by atoms with E-state index in [9.17, 15) is 18.8 Å². The number of carbonyl (C=O) groups is 3. The first-order valence-electron chi connectivity index (χ1n) is 28.0. The summed E-state index contributed by atoms with van der Waals surface area (Å²) in [5.74, 6) is 5.61. The maximum atomic E-state index is 13.3. The van der Waals surface area contributed by atoms with Crippen molar-refractivity contribution in [2.75, 3.05) is 24.6 Å². The Labute approximate surface area is 436 Å². The fourth-order valence-corrected chi connectivity index (χ4v) is 15.1. The molecule has 386 valence electrons. The van der Waals surface area contributed by atoms with Crippen molar-refractivity contribution >= 4 is 40.5 Å². The number of aryl methyl sites for hydroxylation is 1. The van der Waals surface area contributed by atoms with Crippen LogP contribution in [0.15, 0.2) is 109 Å². The van der Waals surface area contributed by atoms with Crippen LogP contribution in [0.3, 0.4) is 0 Å². The maximum absolute atomic E-state index is 13.3. The highest BCUT2D eigenvalue weighted by molar-refractivity contribution is 7.99. The van der Waals surface area contributed by atoms with Crippen LogP contribution in [0.1, 0.15) is 137 Å². The number of piperidine rings is 2. The Morgan fingerprint density at radius 1 is 0.644 bits per heavy atom. The number of aromatic nitrogens is 2. The minimum absolute atomic E-state index is 0.0156. The summed E-state index contributed by atoms with van der Waals surface area (Å²) in [6, 6.07) is 38.7. The molecule has 12 rings (SSSR count).